The van der Waals surface area contributed by atoms with E-state index in [-0.39, 0.29) is 34.2 Å². The van der Waals surface area contributed by atoms with E-state index in [0.717, 1.165) is 37.7 Å². The highest BCUT2D eigenvalue weighted by Crippen LogP contribution is 2.65. The molecule has 4 rings (SSSR count). The van der Waals surface area contributed by atoms with Crippen molar-refractivity contribution in [1.29, 1.82) is 0 Å². The minimum absolute atomic E-state index is 0.132. The van der Waals surface area contributed by atoms with Crippen LogP contribution in [0.4, 0.5) is 0 Å². The van der Waals surface area contributed by atoms with Gasteiger partial charge in [0.15, 0.2) is 0 Å². The summed E-state index contributed by atoms with van der Waals surface area (Å²) in [5.74, 6) is 1.69. The zero-order valence-corrected chi connectivity index (χ0v) is 22.1. The van der Waals surface area contributed by atoms with Crippen molar-refractivity contribution >= 4 is 16.1 Å². The fraction of sp³-hybridized carbons (Fsp3) is 0.679. The van der Waals surface area contributed by atoms with Crippen LogP contribution >= 0.6 is 0 Å². The average Bonchev–Trinajstić information content (AvgIpc) is 3.10. The molecule has 6 atom stereocenters. The van der Waals surface area contributed by atoms with Gasteiger partial charge in [-0.2, -0.15) is 8.42 Å². The first-order valence-corrected chi connectivity index (χ1v) is 14.1. The Morgan fingerprint density at radius 1 is 1.06 bits per heavy atom. The lowest BCUT2D eigenvalue weighted by Gasteiger charge is -2.58. The summed E-state index contributed by atoms with van der Waals surface area (Å²) < 4.78 is 36.2. The summed E-state index contributed by atoms with van der Waals surface area (Å²) >= 11 is 0. The number of benzene rings is 1. The molecule has 0 aliphatic heterocycles. The summed E-state index contributed by atoms with van der Waals surface area (Å²) in [4.78, 5) is 12.5. The molecule has 5 nitrogen and oxygen atoms in total. The van der Waals surface area contributed by atoms with Gasteiger partial charge < -0.3 is 4.74 Å². The van der Waals surface area contributed by atoms with E-state index in [4.69, 9.17) is 8.92 Å². The standard InChI is InChI=1S/C28H40O5S/c1-19-6-10-22(11-7-19)34(30,31)33-17-16-28(4)21(18-26(29)32-5)9-12-23-24-13-8-20(2)27(24,3)15-14-25(23)28/h6-8,10-11,21,23-25H,9,12-18H2,1-5H3/t21-,23-,24-,25-,27+,28-/m0/s1. The molecule has 0 spiro atoms. The van der Waals surface area contributed by atoms with Crippen LogP contribution < -0.4 is 0 Å². The number of hydrogen-bond donors (Lipinski definition) is 0. The van der Waals surface area contributed by atoms with Crippen molar-refractivity contribution in [3.8, 4) is 0 Å². The summed E-state index contributed by atoms with van der Waals surface area (Å²) in [6.45, 7) is 9.05. The molecule has 0 bridgehead atoms. The molecule has 188 valence electrons. The van der Waals surface area contributed by atoms with E-state index in [9.17, 15) is 13.2 Å². The average molecular weight is 489 g/mol. The number of rotatable bonds is 7. The molecule has 0 N–H and O–H groups in total. The van der Waals surface area contributed by atoms with Gasteiger partial charge in [-0.1, -0.05) is 43.2 Å². The van der Waals surface area contributed by atoms with Gasteiger partial charge in [0.2, 0.25) is 0 Å². The number of carbonyl (C=O) groups is 1. The second kappa shape index (κ2) is 9.42. The number of carbonyl (C=O) groups excluding carboxylic acids is 1. The SMILES string of the molecule is COC(=O)C[C@@H]1CC[C@@H]2[C@H](CC[C@]3(C)C(C)=CC[C@@H]23)[C@@]1(C)CCOS(=O)(=O)c1ccc(C)cc1. The minimum Gasteiger partial charge on any atom is -0.469 e. The van der Waals surface area contributed by atoms with Crippen LogP contribution in [0.2, 0.25) is 0 Å². The number of hydrogen-bond acceptors (Lipinski definition) is 5. The maximum Gasteiger partial charge on any atom is 0.305 e. The molecule has 34 heavy (non-hydrogen) atoms. The molecule has 3 aliphatic carbocycles. The summed E-state index contributed by atoms with van der Waals surface area (Å²) in [5.41, 5.74) is 2.65. The van der Waals surface area contributed by atoms with E-state index in [2.05, 4.69) is 26.8 Å². The van der Waals surface area contributed by atoms with Crippen LogP contribution in [0.25, 0.3) is 0 Å². The van der Waals surface area contributed by atoms with Crippen LogP contribution in [0.1, 0.15) is 71.3 Å². The van der Waals surface area contributed by atoms with Crippen LogP contribution in [-0.2, 0) is 23.8 Å². The molecule has 1 aromatic rings. The fourth-order valence-electron chi connectivity index (χ4n) is 7.47. The molecule has 0 unspecified atom stereocenters. The van der Waals surface area contributed by atoms with Crippen molar-refractivity contribution in [2.75, 3.05) is 13.7 Å². The Morgan fingerprint density at radius 2 is 1.76 bits per heavy atom. The quantitative estimate of drug-likeness (QED) is 0.265. The molecule has 6 heteroatoms. The number of ether oxygens (including phenoxy) is 1. The third-order valence-electron chi connectivity index (χ3n) is 9.86. The van der Waals surface area contributed by atoms with Gasteiger partial charge in [-0.15, -0.1) is 0 Å². The molecule has 0 heterocycles. The van der Waals surface area contributed by atoms with E-state index >= 15 is 0 Å². The van der Waals surface area contributed by atoms with Gasteiger partial charge in [0.25, 0.3) is 10.1 Å². The third-order valence-corrected chi connectivity index (χ3v) is 11.2. The predicted molar refractivity (Wildman–Crippen MR) is 133 cm³/mol. The Balaban J connectivity index is 1.54. The first kappa shape index (κ1) is 25.4. The van der Waals surface area contributed by atoms with Gasteiger partial charge in [0, 0.05) is 6.42 Å². The summed E-state index contributed by atoms with van der Waals surface area (Å²) in [6, 6.07) is 6.76. The third kappa shape index (κ3) is 4.48. The summed E-state index contributed by atoms with van der Waals surface area (Å²) in [6.07, 6.45) is 8.96. The monoisotopic (exact) mass is 488 g/mol. The van der Waals surface area contributed by atoms with Gasteiger partial charge in [-0.3, -0.25) is 8.98 Å². The van der Waals surface area contributed by atoms with Crippen LogP contribution in [0, 0.1) is 41.4 Å². The van der Waals surface area contributed by atoms with E-state index < -0.39 is 10.1 Å². The zero-order chi connectivity index (χ0) is 24.7. The van der Waals surface area contributed by atoms with Crippen molar-refractivity contribution in [2.45, 2.75) is 77.5 Å². The highest BCUT2D eigenvalue weighted by molar-refractivity contribution is 7.86. The molecule has 2 fully saturated rings. The number of aryl methyl sites for hydroxylation is 1. The maximum absolute atomic E-state index is 12.8. The van der Waals surface area contributed by atoms with Crippen LogP contribution in [0.3, 0.4) is 0 Å². The van der Waals surface area contributed by atoms with Crippen molar-refractivity contribution in [2.24, 2.45) is 34.5 Å². The smallest absolute Gasteiger partial charge is 0.305 e. The largest absolute Gasteiger partial charge is 0.469 e. The molecule has 0 amide bonds. The van der Waals surface area contributed by atoms with Crippen LogP contribution in [-0.4, -0.2) is 28.1 Å². The highest BCUT2D eigenvalue weighted by Gasteiger charge is 2.57. The molecule has 3 aliphatic rings. The lowest BCUT2D eigenvalue weighted by Crippen LogP contribution is -2.52. The summed E-state index contributed by atoms with van der Waals surface area (Å²) in [7, 11) is -2.36. The van der Waals surface area contributed by atoms with Crippen LogP contribution in [0.15, 0.2) is 40.8 Å². The van der Waals surface area contributed by atoms with Gasteiger partial charge in [0.1, 0.15) is 0 Å². The van der Waals surface area contributed by atoms with Crippen molar-refractivity contribution < 1.29 is 22.1 Å². The Bertz CT molecular complexity index is 1040. The van der Waals surface area contributed by atoms with Crippen molar-refractivity contribution in [3.05, 3.63) is 41.5 Å². The first-order chi connectivity index (χ1) is 16.0. The zero-order valence-electron chi connectivity index (χ0n) is 21.3. The molecule has 2 saturated carbocycles. The fourth-order valence-corrected chi connectivity index (χ4v) is 8.38. The molecule has 1 aromatic carbocycles. The Morgan fingerprint density at radius 3 is 2.44 bits per heavy atom. The number of methoxy groups -OCH3 is 1. The van der Waals surface area contributed by atoms with Crippen molar-refractivity contribution in [3.63, 3.8) is 0 Å². The van der Waals surface area contributed by atoms with E-state index in [1.165, 1.54) is 12.7 Å². The first-order valence-electron chi connectivity index (χ1n) is 12.7. The molecule has 0 aromatic heterocycles. The van der Waals surface area contributed by atoms with E-state index in [1.807, 2.05) is 6.92 Å². The Kier molecular flexibility index (Phi) is 7.05. The molecular formula is C28H40O5S. The van der Waals surface area contributed by atoms with Gasteiger partial charge in [-0.25, -0.2) is 0 Å². The van der Waals surface area contributed by atoms with Gasteiger partial charge in [-0.05, 0) is 99.0 Å². The maximum atomic E-state index is 12.8. The Labute approximate surface area is 205 Å². The topological polar surface area (TPSA) is 69.7 Å². The van der Waals surface area contributed by atoms with E-state index in [1.54, 1.807) is 24.3 Å². The van der Waals surface area contributed by atoms with Gasteiger partial charge in [0.05, 0.1) is 18.6 Å². The minimum atomic E-state index is -3.81. The molecular weight excluding hydrogens is 448 g/mol. The Hall–Kier alpha value is -1.66. The normalized spacial score (nSPS) is 35.3. The summed E-state index contributed by atoms with van der Waals surface area (Å²) in [5, 5.41) is 0. The number of esters is 1. The number of fused-ring (bicyclic) bond motifs is 3. The highest BCUT2D eigenvalue weighted by atomic mass is 32.2. The molecule has 0 radical (unpaired) electrons. The second-order valence-corrected chi connectivity index (χ2v) is 13.0. The lowest BCUT2D eigenvalue weighted by molar-refractivity contribution is -0.147. The van der Waals surface area contributed by atoms with Crippen molar-refractivity contribution in [1.82, 2.24) is 0 Å². The predicted octanol–water partition coefficient (Wildman–Crippen LogP) is 6.07. The van der Waals surface area contributed by atoms with Gasteiger partial charge >= 0.3 is 5.97 Å². The lowest BCUT2D eigenvalue weighted by atomic mass is 9.46. The second-order valence-electron chi connectivity index (χ2n) is 11.4. The van der Waals surface area contributed by atoms with E-state index in [0.29, 0.717) is 30.6 Å². The molecule has 0 saturated heterocycles. The number of allylic oxidation sites excluding steroid dienone is 2. The van der Waals surface area contributed by atoms with Crippen LogP contribution in [0.5, 0.6) is 0 Å².